The van der Waals surface area contributed by atoms with Crippen molar-refractivity contribution in [3.63, 3.8) is 0 Å². The highest BCUT2D eigenvalue weighted by molar-refractivity contribution is 7.89. The van der Waals surface area contributed by atoms with Gasteiger partial charge in [0.2, 0.25) is 10.0 Å². The molecule has 2 heterocycles. The van der Waals surface area contributed by atoms with E-state index in [0.29, 0.717) is 12.8 Å². The number of unbranched alkanes of at least 4 members (excludes halogenated alkanes) is 1. The van der Waals surface area contributed by atoms with E-state index in [1.165, 1.54) is 24.3 Å². The van der Waals surface area contributed by atoms with Gasteiger partial charge in [0.25, 0.3) is 5.91 Å². The number of nitrogens with one attached hydrogen (secondary N) is 4. The third kappa shape index (κ3) is 7.28. The number of oxime groups is 1. The first-order valence-corrected chi connectivity index (χ1v) is 12.3. The molecule has 1 aliphatic heterocycles. The van der Waals surface area contributed by atoms with Crippen molar-refractivity contribution >= 4 is 33.6 Å². The molecule has 1 aromatic heterocycles. The van der Waals surface area contributed by atoms with Gasteiger partial charge in [-0.3, -0.25) is 9.59 Å². The maximum absolute atomic E-state index is 12.4. The fourth-order valence-corrected chi connectivity index (χ4v) is 4.46. The van der Waals surface area contributed by atoms with Crippen molar-refractivity contribution < 1.29 is 28.0 Å². The molecule has 13 heteroatoms. The lowest BCUT2D eigenvalue weighted by molar-refractivity contribution is -0.138. The number of aryl methyl sites for hydroxylation is 1. The average molecular weight is 493 g/mol. The number of carbonyl (C=O) groups is 2. The fraction of sp³-hybridized carbons (Fsp3) is 0.429. The number of sulfonamides is 1. The van der Waals surface area contributed by atoms with Crippen LogP contribution < -0.4 is 15.4 Å². The molecule has 3 rings (SSSR count). The van der Waals surface area contributed by atoms with Crippen LogP contribution in [0.4, 0.5) is 5.95 Å². The molecule has 2 aromatic rings. The Bertz CT molecular complexity index is 1120. The number of H-pyrrole nitrogens is 1. The summed E-state index contributed by atoms with van der Waals surface area (Å²) in [5.41, 5.74) is 1.12. The van der Waals surface area contributed by atoms with E-state index in [9.17, 15) is 23.1 Å². The summed E-state index contributed by atoms with van der Waals surface area (Å²) >= 11 is 0. The number of hydrogen-bond acceptors (Lipinski definition) is 8. The van der Waals surface area contributed by atoms with E-state index < -0.39 is 34.5 Å². The molecule has 0 bridgehead atoms. The Labute approximate surface area is 197 Å². The molecule has 0 spiro atoms. The Kier molecular flexibility index (Phi) is 8.60. The van der Waals surface area contributed by atoms with E-state index in [2.05, 4.69) is 30.5 Å². The number of carboxylic acids is 1. The summed E-state index contributed by atoms with van der Waals surface area (Å²) in [5, 5.41) is 18.8. The largest absolute Gasteiger partial charge is 0.480 e. The lowest BCUT2D eigenvalue weighted by Gasteiger charge is -2.15. The van der Waals surface area contributed by atoms with Crippen molar-refractivity contribution in [3.05, 3.63) is 42.2 Å². The van der Waals surface area contributed by atoms with Crippen LogP contribution in [-0.4, -0.2) is 66.3 Å². The van der Waals surface area contributed by atoms with E-state index >= 15 is 0 Å². The molecular formula is C21H28N6O6S. The average Bonchev–Trinajstić information content (AvgIpc) is 3.45. The number of aromatic amines is 1. The number of carbonyl (C=O) groups excluding carboxylic acids is 1. The van der Waals surface area contributed by atoms with E-state index in [4.69, 9.17) is 4.84 Å². The summed E-state index contributed by atoms with van der Waals surface area (Å²) in [6.45, 7) is 2.22. The van der Waals surface area contributed by atoms with Gasteiger partial charge in [-0.05, 0) is 38.3 Å². The van der Waals surface area contributed by atoms with Crippen LogP contribution in [0.2, 0.25) is 0 Å². The number of nitrogens with zero attached hydrogens (tertiary/aromatic N) is 2. The number of hydrogen-bond donors (Lipinski definition) is 5. The molecule has 2 atom stereocenters. The van der Waals surface area contributed by atoms with Gasteiger partial charge >= 0.3 is 5.97 Å². The first-order chi connectivity index (χ1) is 16.2. The smallest absolute Gasteiger partial charge is 0.323 e. The van der Waals surface area contributed by atoms with E-state index in [0.717, 1.165) is 31.0 Å². The van der Waals surface area contributed by atoms with Crippen molar-refractivity contribution in [2.45, 2.75) is 49.6 Å². The topological polar surface area (TPSA) is 175 Å². The molecule has 5 N–H and O–H groups in total. The van der Waals surface area contributed by atoms with Crippen molar-refractivity contribution in [1.82, 2.24) is 20.0 Å². The van der Waals surface area contributed by atoms with Crippen LogP contribution in [0.1, 0.15) is 31.4 Å². The first-order valence-electron chi connectivity index (χ1n) is 10.8. The summed E-state index contributed by atoms with van der Waals surface area (Å²) in [6.07, 6.45) is 4.24. The zero-order chi connectivity index (χ0) is 24.6. The molecule has 1 aliphatic rings. The fourth-order valence-electron chi connectivity index (χ4n) is 3.25. The predicted molar refractivity (Wildman–Crippen MR) is 124 cm³/mol. The quantitative estimate of drug-likeness (QED) is 0.257. The van der Waals surface area contributed by atoms with Gasteiger partial charge in [0.1, 0.15) is 17.9 Å². The second-order valence-corrected chi connectivity index (χ2v) is 9.56. The van der Waals surface area contributed by atoms with Gasteiger partial charge in [-0.15, -0.1) is 0 Å². The summed E-state index contributed by atoms with van der Waals surface area (Å²) in [7, 11) is -4.06. The molecule has 0 saturated carbocycles. The Balaban J connectivity index is 1.38. The SMILES string of the molecule is Cc1cnc(NCCCCC2CC(C(=O)NCC(NS(=O)(=O)c3ccccc3)C(=O)O)=NO2)[nH]1. The van der Waals surface area contributed by atoms with Crippen molar-refractivity contribution in [1.29, 1.82) is 0 Å². The number of rotatable bonds is 13. The summed E-state index contributed by atoms with van der Waals surface area (Å²) in [4.78, 5) is 36.4. The maximum atomic E-state index is 12.4. The highest BCUT2D eigenvalue weighted by Gasteiger charge is 2.29. The minimum Gasteiger partial charge on any atom is -0.480 e. The molecule has 2 unspecified atom stereocenters. The molecule has 0 radical (unpaired) electrons. The van der Waals surface area contributed by atoms with Gasteiger partial charge in [-0.2, -0.15) is 4.72 Å². The molecular weight excluding hydrogens is 464 g/mol. The molecule has 0 fully saturated rings. The Morgan fingerprint density at radius 2 is 2.03 bits per heavy atom. The van der Waals surface area contributed by atoms with Crippen LogP contribution in [0.15, 0.2) is 46.6 Å². The summed E-state index contributed by atoms with van der Waals surface area (Å²) in [5.74, 6) is -1.29. The molecule has 0 aliphatic carbocycles. The van der Waals surface area contributed by atoms with Gasteiger partial charge in [-0.25, -0.2) is 13.4 Å². The predicted octanol–water partition coefficient (Wildman–Crippen LogP) is 0.993. The molecule has 1 amide bonds. The van der Waals surface area contributed by atoms with Crippen LogP contribution in [0.3, 0.4) is 0 Å². The van der Waals surface area contributed by atoms with Gasteiger partial charge < -0.3 is 25.6 Å². The second kappa shape index (κ2) is 11.6. The van der Waals surface area contributed by atoms with Crippen LogP contribution >= 0.6 is 0 Å². The zero-order valence-corrected chi connectivity index (χ0v) is 19.5. The maximum Gasteiger partial charge on any atom is 0.323 e. The van der Waals surface area contributed by atoms with Gasteiger partial charge in [0.15, 0.2) is 5.95 Å². The van der Waals surface area contributed by atoms with Crippen LogP contribution in [0.5, 0.6) is 0 Å². The number of anilines is 1. The van der Waals surface area contributed by atoms with Crippen LogP contribution in [-0.2, 0) is 24.4 Å². The number of carboxylic acid groups (broad SMARTS) is 1. The molecule has 1 aromatic carbocycles. The number of imidazole rings is 1. The number of aromatic nitrogens is 2. The zero-order valence-electron chi connectivity index (χ0n) is 18.7. The summed E-state index contributed by atoms with van der Waals surface area (Å²) < 4.78 is 26.8. The summed E-state index contributed by atoms with van der Waals surface area (Å²) in [6, 6.07) is 5.84. The van der Waals surface area contributed by atoms with Gasteiger partial charge in [0, 0.05) is 31.4 Å². The third-order valence-electron chi connectivity index (χ3n) is 5.06. The van der Waals surface area contributed by atoms with Crippen molar-refractivity contribution in [2.24, 2.45) is 5.16 Å². The van der Waals surface area contributed by atoms with E-state index in [1.54, 1.807) is 12.3 Å². The minimum atomic E-state index is -4.06. The van der Waals surface area contributed by atoms with Gasteiger partial charge in [0.05, 0.1) is 4.90 Å². The van der Waals surface area contributed by atoms with E-state index in [1.807, 2.05) is 6.92 Å². The Morgan fingerprint density at radius 1 is 1.26 bits per heavy atom. The lowest BCUT2D eigenvalue weighted by atomic mass is 10.1. The van der Waals surface area contributed by atoms with E-state index in [-0.39, 0.29) is 16.7 Å². The first kappa shape index (κ1) is 25.2. The van der Waals surface area contributed by atoms with Crippen molar-refractivity contribution in [2.75, 3.05) is 18.4 Å². The number of amides is 1. The van der Waals surface area contributed by atoms with Crippen LogP contribution in [0, 0.1) is 6.92 Å². The van der Waals surface area contributed by atoms with Crippen molar-refractivity contribution in [3.8, 4) is 0 Å². The Hall–Kier alpha value is -3.45. The van der Waals surface area contributed by atoms with Crippen LogP contribution in [0.25, 0.3) is 0 Å². The number of aliphatic carboxylic acids is 1. The lowest BCUT2D eigenvalue weighted by Crippen LogP contribution is -2.49. The van der Waals surface area contributed by atoms with Gasteiger partial charge in [-0.1, -0.05) is 23.4 Å². The molecule has 34 heavy (non-hydrogen) atoms. The number of benzene rings is 1. The molecule has 184 valence electrons. The minimum absolute atomic E-state index is 0.0709. The molecule has 12 nitrogen and oxygen atoms in total. The molecule has 0 saturated heterocycles. The standard InChI is InChI=1S/C21H28N6O6S/c1-14-12-24-21(25-14)22-10-6-5-7-15-11-17(26-33-15)19(28)23-13-18(20(29)30)27-34(31,32)16-8-3-2-4-9-16/h2-4,8-9,12,15,18,27H,5-7,10-11,13H2,1H3,(H,23,28)(H,29,30)(H2,22,24,25). The monoisotopic (exact) mass is 492 g/mol. The normalized spacial score (nSPS) is 16.4. The highest BCUT2D eigenvalue weighted by atomic mass is 32.2. The Morgan fingerprint density at radius 3 is 2.71 bits per heavy atom. The third-order valence-corrected chi connectivity index (χ3v) is 6.55. The second-order valence-electron chi connectivity index (χ2n) is 7.84. The highest BCUT2D eigenvalue weighted by Crippen LogP contribution is 2.17.